The van der Waals surface area contributed by atoms with Crippen molar-refractivity contribution in [1.82, 2.24) is 4.98 Å². The van der Waals surface area contributed by atoms with Crippen LogP contribution in [0.2, 0.25) is 0 Å². The van der Waals surface area contributed by atoms with E-state index in [2.05, 4.69) is 11.9 Å². The van der Waals surface area contributed by atoms with Gasteiger partial charge in [-0.25, -0.2) is 4.79 Å². The number of phenolic OH excluding ortho intramolecular Hbond substituents is 1. The number of unbranched alkanes of at least 4 members (excludes halogenated alkanes) is 1. The van der Waals surface area contributed by atoms with E-state index in [1.165, 1.54) is 19.3 Å². The minimum Gasteiger partial charge on any atom is -0.507 e. The van der Waals surface area contributed by atoms with Gasteiger partial charge in [-0.05, 0) is 60.6 Å². The molecule has 28 heavy (non-hydrogen) atoms. The summed E-state index contributed by atoms with van der Waals surface area (Å²) in [5.74, 6) is 0.196. The van der Waals surface area contributed by atoms with Gasteiger partial charge < -0.3 is 9.52 Å². The highest BCUT2D eigenvalue weighted by atomic mass is 16.4. The Morgan fingerprint density at radius 3 is 2.71 bits per heavy atom. The van der Waals surface area contributed by atoms with Gasteiger partial charge in [-0.3, -0.25) is 4.98 Å². The summed E-state index contributed by atoms with van der Waals surface area (Å²) in [5.41, 5.74) is 2.65. The maximum Gasteiger partial charge on any atom is 0.339 e. The maximum atomic E-state index is 12.6. The Labute approximate surface area is 165 Å². The van der Waals surface area contributed by atoms with Crippen molar-refractivity contribution in [3.63, 3.8) is 0 Å². The number of aromatic nitrogens is 1. The molecule has 1 aliphatic rings. The normalized spacial score (nSPS) is 15.9. The molecule has 1 saturated carbocycles. The van der Waals surface area contributed by atoms with Crippen LogP contribution in [0.1, 0.15) is 68.7 Å². The molecule has 1 aromatic carbocycles. The Morgan fingerprint density at radius 2 is 2.00 bits per heavy atom. The van der Waals surface area contributed by atoms with Gasteiger partial charge in [0.25, 0.3) is 0 Å². The molecule has 1 aliphatic carbocycles. The van der Waals surface area contributed by atoms with E-state index >= 15 is 0 Å². The summed E-state index contributed by atoms with van der Waals surface area (Å²) in [7, 11) is 0. The molecule has 4 nitrogen and oxygen atoms in total. The summed E-state index contributed by atoms with van der Waals surface area (Å²) >= 11 is 0. The monoisotopic (exact) mass is 377 g/mol. The largest absolute Gasteiger partial charge is 0.507 e. The molecule has 0 atom stereocenters. The lowest BCUT2D eigenvalue weighted by molar-refractivity contribution is 0.387. The van der Waals surface area contributed by atoms with E-state index in [-0.39, 0.29) is 16.8 Å². The van der Waals surface area contributed by atoms with E-state index in [4.69, 9.17) is 4.42 Å². The molecule has 3 aromatic rings. The average molecular weight is 377 g/mol. The van der Waals surface area contributed by atoms with Gasteiger partial charge >= 0.3 is 5.63 Å². The van der Waals surface area contributed by atoms with E-state index in [0.717, 1.165) is 36.9 Å². The zero-order valence-corrected chi connectivity index (χ0v) is 16.4. The molecule has 0 saturated heterocycles. The van der Waals surface area contributed by atoms with E-state index in [1.54, 1.807) is 12.3 Å². The van der Waals surface area contributed by atoms with Crippen molar-refractivity contribution in [3.8, 4) is 5.75 Å². The minimum atomic E-state index is -0.358. The van der Waals surface area contributed by atoms with Crippen molar-refractivity contribution in [3.05, 3.63) is 69.8 Å². The van der Waals surface area contributed by atoms with Crippen LogP contribution < -0.4 is 5.63 Å². The molecule has 2 heterocycles. The second-order valence-electron chi connectivity index (χ2n) is 8.06. The third-order valence-corrected chi connectivity index (χ3v) is 6.18. The van der Waals surface area contributed by atoms with Crippen LogP contribution in [0.4, 0.5) is 0 Å². The summed E-state index contributed by atoms with van der Waals surface area (Å²) in [6.07, 6.45) is 10.3. The fourth-order valence-electron chi connectivity index (χ4n) is 4.62. The fourth-order valence-corrected chi connectivity index (χ4v) is 4.62. The molecule has 0 radical (unpaired) electrons. The SMILES string of the molecule is CCCCC1(c2cc(O)c3cc(Cc4ccccn4)c(=O)oc3c2)CCCC1. The molecule has 0 amide bonds. The van der Waals surface area contributed by atoms with Crippen LogP contribution in [0.5, 0.6) is 5.75 Å². The van der Waals surface area contributed by atoms with Gasteiger partial charge in [-0.2, -0.15) is 0 Å². The topological polar surface area (TPSA) is 63.3 Å². The third-order valence-electron chi connectivity index (χ3n) is 6.18. The number of nitrogens with zero attached hydrogens (tertiary/aromatic N) is 1. The van der Waals surface area contributed by atoms with Crippen LogP contribution in [0.25, 0.3) is 11.0 Å². The van der Waals surface area contributed by atoms with Gasteiger partial charge in [0.2, 0.25) is 0 Å². The Hall–Kier alpha value is -2.62. The van der Waals surface area contributed by atoms with Gasteiger partial charge in [0, 0.05) is 23.9 Å². The van der Waals surface area contributed by atoms with E-state index < -0.39 is 0 Å². The minimum absolute atomic E-state index is 0.104. The molecule has 0 aliphatic heterocycles. The fraction of sp³-hybridized carbons (Fsp3) is 0.417. The molecule has 1 N–H and O–H groups in total. The average Bonchev–Trinajstić information content (AvgIpc) is 3.18. The zero-order valence-electron chi connectivity index (χ0n) is 16.4. The van der Waals surface area contributed by atoms with Crippen molar-refractivity contribution in [2.45, 2.75) is 63.7 Å². The first-order valence-electron chi connectivity index (χ1n) is 10.3. The van der Waals surface area contributed by atoms with Crippen LogP contribution in [-0.4, -0.2) is 10.1 Å². The number of fused-ring (bicyclic) bond motifs is 1. The molecule has 0 unspecified atom stereocenters. The lowest BCUT2D eigenvalue weighted by Crippen LogP contribution is -2.22. The lowest BCUT2D eigenvalue weighted by atomic mass is 9.74. The first-order chi connectivity index (χ1) is 13.6. The summed E-state index contributed by atoms with van der Waals surface area (Å²) in [5, 5.41) is 11.4. The number of pyridine rings is 1. The third kappa shape index (κ3) is 3.56. The molecule has 146 valence electrons. The van der Waals surface area contributed by atoms with Gasteiger partial charge in [0.05, 0.1) is 5.39 Å². The van der Waals surface area contributed by atoms with E-state index in [9.17, 15) is 9.90 Å². The van der Waals surface area contributed by atoms with Crippen LogP contribution >= 0.6 is 0 Å². The molecule has 1 fully saturated rings. The summed E-state index contributed by atoms with van der Waals surface area (Å²) in [6.45, 7) is 2.21. The lowest BCUT2D eigenvalue weighted by Gasteiger charge is -2.30. The number of hydrogen-bond acceptors (Lipinski definition) is 4. The van der Waals surface area contributed by atoms with E-state index in [1.807, 2.05) is 30.3 Å². The Kier molecular flexibility index (Phi) is 5.21. The van der Waals surface area contributed by atoms with Crippen molar-refractivity contribution in [2.24, 2.45) is 0 Å². The molecule has 0 spiro atoms. The van der Waals surface area contributed by atoms with Crippen molar-refractivity contribution < 1.29 is 9.52 Å². The summed E-state index contributed by atoms with van der Waals surface area (Å²) in [6, 6.07) is 11.3. The zero-order chi connectivity index (χ0) is 19.6. The predicted octanol–water partition coefficient (Wildman–Crippen LogP) is 5.49. The summed E-state index contributed by atoms with van der Waals surface area (Å²) < 4.78 is 5.65. The number of benzene rings is 1. The van der Waals surface area contributed by atoms with Crippen molar-refractivity contribution in [2.75, 3.05) is 0 Å². The number of aromatic hydroxyl groups is 1. The van der Waals surface area contributed by atoms with Gasteiger partial charge in [0.1, 0.15) is 11.3 Å². The molecular weight excluding hydrogens is 350 g/mol. The maximum absolute atomic E-state index is 12.6. The molecular formula is C24H27NO3. The van der Waals surface area contributed by atoms with E-state index in [0.29, 0.717) is 23.0 Å². The molecule has 4 rings (SSSR count). The van der Waals surface area contributed by atoms with Crippen LogP contribution in [0.3, 0.4) is 0 Å². The van der Waals surface area contributed by atoms with Crippen LogP contribution in [0, 0.1) is 0 Å². The van der Waals surface area contributed by atoms with Crippen LogP contribution in [0.15, 0.2) is 51.8 Å². The Morgan fingerprint density at radius 1 is 1.18 bits per heavy atom. The first kappa shape index (κ1) is 18.7. The second-order valence-corrected chi connectivity index (χ2v) is 8.06. The Bertz CT molecular complexity index is 1020. The highest BCUT2D eigenvalue weighted by Crippen LogP contribution is 2.46. The van der Waals surface area contributed by atoms with Gasteiger partial charge in [0.15, 0.2) is 0 Å². The van der Waals surface area contributed by atoms with Gasteiger partial charge in [-0.15, -0.1) is 0 Å². The van der Waals surface area contributed by atoms with Gasteiger partial charge in [-0.1, -0.05) is 38.7 Å². The van der Waals surface area contributed by atoms with Crippen LogP contribution in [-0.2, 0) is 11.8 Å². The molecule has 4 heteroatoms. The highest BCUT2D eigenvalue weighted by Gasteiger charge is 2.35. The number of phenols is 1. The van der Waals surface area contributed by atoms with Crippen molar-refractivity contribution >= 4 is 11.0 Å². The molecule has 2 aromatic heterocycles. The number of hydrogen-bond donors (Lipinski definition) is 1. The number of rotatable bonds is 6. The van der Waals surface area contributed by atoms with Crippen molar-refractivity contribution in [1.29, 1.82) is 0 Å². The first-order valence-corrected chi connectivity index (χ1v) is 10.3. The smallest absolute Gasteiger partial charge is 0.339 e. The predicted molar refractivity (Wildman–Crippen MR) is 111 cm³/mol. The highest BCUT2D eigenvalue weighted by molar-refractivity contribution is 5.84. The second kappa shape index (κ2) is 7.78. The summed E-state index contributed by atoms with van der Waals surface area (Å²) in [4.78, 5) is 16.8. The molecule has 0 bridgehead atoms. The Balaban J connectivity index is 1.75. The standard InChI is InChI=1S/C24H27NO3/c1-2-3-9-24(10-5-6-11-24)18-15-21(26)20-14-17(23(27)28-22(20)16-18)13-19-8-4-7-12-25-19/h4,7-8,12,14-16,26H,2-3,5-6,9-11,13H2,1H3. The quantitative estimate of drug-likeness (QED) is 0.577.